The van der Waals surface area contributed by atoms with E-state index in [1.807, 2.05) is 5.57 Å². The van der Waals surface area contributed by atoms with Crippen LogP contribution in [0.25, 0.3) is 0 Å². The van der Waals surface area contributed by atoms with Gasteiger partial charge >= 0.3 is 0 Å². The summed E-state index contributed by atoms with van der Waals surface area (Å²) in [6.45, 7) is 17.9. The lowest BCUT2D eigenvalue weighted by molar-refractivity contribution is -0.117. The van der Waals surface area contributed by atoms with Crippen molar-refractivity contribution < 1.29 is 9.90 Å². The highest BCUT2D eigenvalue weighted by Crippen LogP contribution is 2.66. The van der Waals surface area contributed by atoms with Crippen LogP contribution in [0, 0.1) is 46.3 Å². The maximum Gasteiger partial charge on any atom is 0.158 e. The molecule has 31 heavy (non-hydrogen) atoms. The van der Waals surface area contributed by atoms with Crippen LogP contribution in [0.15, 0.2) is 23.3 Å². The number of carbonyl (C=O) groups is 1. The van der Waals surface area contributed by atoms with E-state index in [-0.39, 0.29) is 23.2 Å². The van der Waals surface area contributed by atoms with Crippen molar-refractivity contribution >= 4 is 5.78 Å². The van der Waals surface area contributed by atoms with Gasteiger partial charge in [-0.05, 0) is 103 Å². The monoisotopic (exact) mass is 426 g/mol. The largest absolute Gasteiger partial charge is 0.393 e. The molecule has 0 aromatic carbocycles. The van der Waals surface area contributed by atoms with Crippen LogP contribution in [0.5, 0.6) is 0 Å². The molecule has 1 N–H and O–H groups in total. The molecule has 2 nitrogen and oxygen atoms in total. The summed E-state index contributed by atoms with van der Waals surface area (Å²) in [6, 6.07) is 0. The first-order valence-electron chi connectivity index (χ1n) is 13.1. The Bertz CT molecular complexity index is 776. The van der Waals surface area contributed by atoms with Gasteiger partial charge in [0.15, 0.2) is 5.78 Å². The lowest BCUT2D eigenvalue weighted by Gasteiger charge is -2.58. The van der Waals surface area contributed by atoms with Crippen molar-refractivity contribution in [1.29, 1.82) is 0 Å². The summed E-state index contributed by atoms with van der Waals surface area (Å²) in [4.78, 5) is 12.8. The van der Waals surface area contributed by atoms with Crippen LogP contribution < -0.4 is 0 Å². The van der Waals surface area contributed by atoms with Crippen LogP contribution in [-0.2, 0) is 4.79 Å². The fourth-order valence-corrected chi connectivity index (χ4v) is 8.79. The topological polar surface area (TPSA) is 37.3 Å². The van der Waals surface area contributed by atoms with E-state index in [2.05, 4.69) is 48.1 Å². The van der Waals surface area contributed by atoms with E-state index < -0.39 is 0 Å². The third-order valence-corrected chi connectivity index (χ3v) is 10.8. The van der Waals surface area contributed by atoms with Crippen LogP contribution in [0.2, 0.25) is 0 Å². The van der Waals surface area contributed by atoms with E-state index in [0.717, 1.165) is 17.9 Å². The molecule has 174 valence electrons. The van der Waals surface area contributed by atoms with Crippen molar-refractivity contribution in [3.63, 3.8) is 0 Å². The van der Waals surface area contributed by atoms with Crippen LogP contribution in [0.3, 0.4) is 0 Å². The fourth-order valence-electron chi connectivity index (χ4n) is 8.79. The zero-order chi connectivity index (χ0) is 22.7. The molecule has 1 unspecified atom stereocenters. The first-order valence-corrected chi connectivity index (χ1v) is 13.1. The quantitative estimate of drug-likeness (QED) is 0.375. The van der Waals surface area contributed by atoms with Crippen molar-refractivity contribution in [2.75, 3.05) is 0 Å². The number of hydrogen-bond acceptors (Lipinski definition) is 2. The Labute approximate surface area is 191 Å². The van der Waals surface area contributed by atoms with E-state index in [4.69, 9.17) is 0 Å². The molecule has 0 radical (unpaired) electrons. The lowest BCUT2D eigenvalue weighted by Crippen LogP contribution is -2.51. The number of ketones is 1. The molecule has 0 bridgehead atoms. The molecule has 4 aliphatic rings. The van der Waals surface area contributed by atoms with Gasteiger partial charge in [0.05, 0.1) is 6.10 Å². The molecule has 0 saturated heterocycles. The van der Waals surface area contributed by atoms with E-state index in [1.165, 1.54) is 44.9 Å². The number of hydrogen-bond donors (Lipinski definition) is 1. The number of aliphatic hydroxyl groups excluding tert-OH is 1. The van der Waals surface area contributed by atoms with Gasteiger partial charge in [0.2, 0.25) is 0 Å². The molecule has 0 heterocycles. The van der Waals surface area contributed by atoms with Crippen molar-refractivity contribution in [3.8, 4) is 0 Å². The minimum absolute atomic E-state index is 0.101. The molecule has 0 aliphatic heterocycles. The van der Waals surface area contributed by atoms with Crippen LogP contribution in [0.1, 0.15) is 99.3 Å². The number of aliphatic hydroxyl groups is 1. The van der Waals surface area contributed by atoms with Crippen molar-refractivity contribution in [2.24, 2.45) is 46.3 Å². The normalized spacial score (nSPS) is 43.3. The Hall–Kier alpha value is -0.890. The highest BCUT2D eigenvalue weighted by molar-refractivity contribution is 5.95. The minimum Gasteiger partial charge on any atom is -0.393 e. The first-order chi connectivity index (χ1) is 14.5. The number of rotatable bonds is 5. The molecular weight excluding hydrogens is 380 g/mol. The number of fused-ring (bicyclic) bond motifs is 4. The lowest BCUT2D eigenvalue weighted by atomic mass is 9.47. The summed E-state index contributed by atoms with van der Waals surface area (Å²) in [7, 11) is 0. The van der Waals surface area contributed by atoms with Gasteiger partial charge in [-0.1, -0.05) is 59.3 Å². The Kier molecular flexibility index (Phi) is 6.12. The second-order valence-corrected chi connectivity index (χ2v) is 12.6. The van der Waals surface area contributed by atoms with Gasteiger partial charge in [0, 0.05) is 6.42 Å². The third kappa shape index (κ3) is 3.60. The number of Topliss-reactive ketones (excluding diaryl/α,β-unsaturated/α-hetero) is 1. The van der Waals surface area contributed by atoms with Crippen molar-refractivity contribution in [3.05, 3.63) is 23.3 Å². The van der Waals surface area contributed by atoms with Crippen molar-refractivity contribution in [2.45, 2.75) is 105 Å². The maximum absolute atomic E-state index is 12.8. The second-order valence-electron chi connectivity index (χ2n) is 12.6. The van der Waals surface area contributed by atoms with Crippen LogP contribution in [0.4, 0.5) is 0 Å². The highest BCUT2D eigenvalue weighted by atomic mass is 16.3. The molecule has 2 heteroatoms. The van der Waals surface area contributed by atoms with Crippen LogP contribution >= 0.6 is 0 Å². The average molecular weight is 427 g/mol. The summed E-state index contributed by atoms with van der Waals surface area (Å²) in [5.41, 5.74) is 5.05. The summed E-state index contributed by atoms with van der Waals surface area (Å²) in [6.07, 6.45) is 10.3. The SMILES string of the molecule is C=C(C(=O)C[C@@H](C)[C@H]1CCC2=C3CCC4[C@H](C)[C@@H](O)CC[C@]4(C)[C@H]3CC[C@@]21C)C(C)C. The molecule has 0 aromatic rings. The molecule has 3 fully saturated rings. The fraction of sp³-hybridized carbons (Fsp3) is 0.828. The molecule has 3 saturated carbocycles. The van der Waals surface area contributed by atoms with E-state index in [1.54, 1.807) is 5.57 Å². The summed E-state index contributed by atoms with van der Waals surface area (Å²) < 4.78 is 0. The van der Waals surface area contributed by atoms with Gasteiger partial charge in [-0.3, -0.25) is 4.79 Å². The maximum atomic E-state index is 12.8. The molecule has 4 rings (SSSR count). The number of carbonyl (C=O) groups excluding carboxylic acids is 1. The van der Waals surface area contributed by atoms with Gasteiger partial charge in [-0.2, -0.15) is 0 Å². The molecule has 0 aromatic heterocycles. The predicted octanol–water partition coefficient (Wildman–Crippen LogP) is 7.12. The molecular formula is C29H46O2. The molecule has 0 spiro atoms. The van der Waals surface area contributed by atoms with Gasteiger partial charge < -0.3 is 5.11 Å². The minimum atomic E-state index is -0.101. The molecule has 0 amide bonds. The van der Waals surface area contributed by atoms with Crippen LogP contribution in [-0.4, -0.2) is 17.0 Å². The van der Waals surface area contributed by atoms with E-state index >= 15 is 0 Å². The Morgan fingerprint density at radius 2 is 1.81 bits per heavy atom. The van der Waals surface area contributed by atoms with Gasteiger partial charge in [0.1, 0.15) is 0 Å². The van der Waals surface area contributed by atoms with E-state index in [9.17, 15) is 9.90 Å². The van der Waals surface area contributed by atoms with Crippen molar-refractivity contribution in [1.82, 2.24) is 0 Å². The second kappa shape index (κ2) is 8.15. The third-order valence-electron chi connectivity index (χ3n) is 10.8. The van der Waals surface area contributed by atoms with E-state index in [0.29, 0.717) is 35.5 Å². The zero-order valence-electron chi connectivity index (χ0n) is 21.0. The summed E-state index contributed by atoms with van der Waals surface area (Å²) in [5, 5.41) is 10.5. The number of allylic oxidation sites excluding steroid dienone is 3. The highest BCUT2D eigenvalue weighted by Gasteiger charge is 2.57. The van der Waals surface area contributed by atoms with Gasteiger partial charge in [0.25, 0.3) is 0 Å². The predicted molar refractivity (Wildman–Crippen MR) is 129 cm³/mol. The zero-order valence-corrected chi connectivity index (χ0v) is 21.0. The molecule has 8 atom stereocenters. The Morgan fingerprint density at radius 1 is 1.10 bits per heavy atom. The first kappa shape index (κ1) is 23.3. The smallest absolute Gasteiger partial charge is 0.158 e. The summed E-state index contributed by atoms with van der Waals surface area (Å²) in [5.74, 6) is 3.42. The van der Waals surface area contributed by atoms with Gasteiger partial charge in [-0.25, -0.2) is 0 Å². The average Bonchev–Trinajstić information content (AvgIpc) is 3.07. The summed E-state index contributed by atoms with van der Waals surface area (Å²) >= 11 is 0. The standard InChI is InChI=1S/C29H46O2/c1-17(2)19(4)27(31)16-18(3)22-10-11-24-21-8-9-23-20(5)26(30)13-15-29(23,7)25(21)12-14-28(22,24)6/h17-18,20,22-23,25-26,30H,4,8-16H2,1-3,5-7H3/t18-,20+,22-,23?,25+,26+,28-,29+/m1/s1. The van der Waals surface area contributed by atoms with Gasteiger partial charge in [-0.15, -0.1) is 0 Å². The molecule has 4 aliphatic carbocycles. The Balaban J connectivity index is 1.57. The Morgan fingerprint density at radius 3 is 2.48 bits per heavy atom.